The Hall–Kier alpha value is -1.94. The zero-order valence-electron chi connectivity index (χ0n) is 63.7. The van der Waals surface area contributed by atoms with E-state index in [1.165, 1.54) is 193 Å². The highest BCUT2D eigenvalue weighted by atomic mass is 31.2. The van der Waals surface area contributed by atoms with E-state index >= 15 is 0 Å². The lowest BCUT2D eigenvalue weighted by molar-refractivity contribution is -0.161. The van der Waals surface area contributed by atoms with Crippen LogP contribution in [0.1, 0.15) is 396 Å². The van der Waals surface area contributed by atoms with Crippen molar-refractivity contribution in [3.8, 4) is 0 Å². The fraction of sp³-hybridized carbons (Fsp3) is 0.949. The summed E-state index contributed by atoms with van der Waals surface area (Å²) in [6.45, 7) is 14.2. The number of esters is 4. The molecule has 5 unspecified atom stereocenters. The lowest BCUT2D eigenvalue weighted by Crippen LogP contribution is -2.30. The number of rotatable bonds is 75. The van der Waals surface area contributed by atoms with Gasteiger partial charge in [0.05, 0.1) is 26.4 Å². The second-order valence-corrected chi connectivity index (χ2v) is 32.4. The summed E-state index contributed by atoms with van der Waals surface area (Å²) in [6.07, 6.45) is 52.8. The van der Waals surface area contributed by atoms with Crippen LogP contribution in [0.25, 0.3) is 0 Å². The monoisotopic (exact) mass is 1420 g/mol. The number of phosphoric ester groups is 2. The van der Waals surface area contributed by atoms with Crippen LogP contribution in [0.4, 0.5) is 0 Å². The van der Waals surface area contributed by atoms with Crippen molar-refractivity contribution < 1.29 is 80.2 Å². The molecule has 0 aromatic rings. The van der Waals surface area contributed by atoms with Crippen molar-refractivity contribution in [2.45, 2.75) is 414 Å². The summed E-state index contributed by atoms with van der Waals surface area (Å²) in [6, 6.07) is 0. The lowest BCUT2D eigenvalue weighted by Gasteiger charge is -2.21. The van der Waals surface area contributed by atoms with Gasteiger partial charge in [0.25, 0.3) is 0 Å². The van der Waals surface area contributed by atoms with Crippen molar-refractivity contribution in [3.63, 3.8) is 0 Å². The number of carbonyl (C=O) groups excluding carboxylic acids is 4. The van der Waals surface area contributed by atoms with E-state index in [-0.39, 0.29) is 25.7 Å². The van der Waals surface area contributed by atoms with Gasteiger partial charge in [-0.3, -0.25) is 37.3 Å². The SMILES string of the molecule is CCC(C)CCCCCCCCCCCCC(=O)O[C@H](COC(=O)CCCCCCCCCC(C)C)COP(=O)(O)OCC(O)COP(=O)(O)OC[C@@H](COC(=O)CCCCCCCCCCC(C)CC)OC(=O)CCCCCCCCCCCCCCCCCCCCC(C)C. The molecule has 0 fully saturated rings. The minimum atomic E-state index is -4.96. The Labute approximate surface area is 594 Å². The van der Waals surface area contributed by atoms with E-state index in [9.17, 15) is 43.2 Å². The maximum atomic E-state index is 13.1. The maximum absolute atomic E-state index is 13.1. The molecule has 7 atom stereocenters. The zero-order chi connectivity index (χ0) is 71.7. The number of hydrogen-bond donors (Lipinski definition) is 3. The van der Waals surface area contributed by atoms with Crippen LogP contribution in [-0.2, 0) is 65.4 Å². The summed E-state index contributed by atoms with van der Waals surface area (Å²) < 4.78 is 68.6. The van der Waals surface area contributed by atoms with Crippen LogP contribution in [0.3, 0.4) is 0 Å². The molecule has 97 heavy (non-hydrogen) atoms. The third-order valence-electron chi connectivity index (χ3n) is 18.8. The molecule has 0 saturated carbocycles. The average molecular weight is 1420 g/mol. The Bertz CT molecular complexity index is 1910. The molecule has 0 aliphatic heterocycles. The highest BCUT2D eigenvalue weighted by molar-refractivity contribution is 7.47. The molecule has 0 saturated heterocycles. The summed E-state index contributed by atoms with van der Waals surface area (Å²) in [5.74, 6) is 0.986. The molecule has 17 nitrogen and oxygen atoms in total. The molecule has 0 aliphatic carbocycles. The molecule has 3 N–H and O–H groups in total. The number of aliphatic hydroxyl groups is 1. The minimum absolute atomic E-state index is 0.105. The molecular formula is C78H152O17P2. The van der Waals surface area contributed by atoms with Crippen LogP contribution in [0.15, 0.2) is 0 Å². The first kappa shape index (κ1) is 95.1. The summed E-state index contributed by atoms with van der Waals surface area (Å²) in [7, 11) is -9.92. The number of hydrogen-bond acceptors (Lipinski definition) is 15. The van der Waals surface area contributed by atoms with E-state index in [1.807, 2.05) is 0 Å². The van der Waals surface area contributed by atoms with Crippen LogP contribution in [-0.4, -0.2) is 96.7 Å². The van der Waals surface area contributed by atoms with Gasteiger partial charge in [0.2, 0.25) is 0 Å². The third-order valence-corrected chi connectivity index (χ3v) is 20.7. The molecule has 0 amide bonds. The van der Waals surface area contributed by atoms with Gasteiger partial charge in [-0.15, -0.1) is 0 Å². The molecule has 0 aromatic carbocycles. The van der Waals surface area contributed by atoms with Gasteiger partial charge in [0, 0.05) is 25.7 Å². The average Bonchev–Trinajstić information content (AvgIpc) is 0.977. The van der Waals surface area contributed by atoms with E-state index in [1.54, 1.807) is 0 Å². The fourth-order valence-electron chi connectivity index (χ4n) is 11.8. The van der Waals surface area contributed by atoms with Crippen LogP contribution < -0.4 is 0 Å². The highest BCUT2D eigenvalue weighted by Gasteiger charge is 2.30. The Morgan fingerprint density at radius 3 is 0.732 bits per heavy atom. The van der Waals surface area contributed by atoms with Crippen molar-refractivity contribution in [2.24, 2.45) is 23.7 Å². The highest BCUT2D eigenvalue weighted by Crippen LogP contribution is 2.45. The van der Waals surface area contributed by atoms with Crippen LogP contribution in [0.2, 0.25) is 0 Å². The van der Waals surface area contributed by atoms with Gasteiger partial charge >= 0.3 is 39.5 Å². The smallest absolute Gasteiger partial charge is 0.462 e. The third kappa shape index (κ3) is 69.5. The second kappa shape index (κ2) is 67.2. The Balaban J connectivity index is 5.21. The predicted octanol–water partition coefficient (Wildman–Crippen LogP) is 22.8. The van der Waals surface area contributed by atoms with Gasteiger partial charge in [-0.05, 0) is 49.4 Å². The van der Waals surface area contributed by atoms with Gasteiger partial charge in [0.15, 0.2) is 12.2 Å². The van der Waals surface area contributed by atoms with Crippen LogP contribution >= 0.6 is 15.6 Å². The molecule has 0 spiro atoms. The van der Waals surface area contributed by atoms with E-state index in [2.05, 4.69) is 55.4 Å². The van der Waals surface area contributed by atoms with Gasteiger partial charge in [0.1, 0.15) is 19.3 Å². The quantitative estimate of drug-likeness (QED) is 0.0222. The topological polar surface area (TPSA) is 237 Å². The molecule has 0 aromatic heterocycles. The van der Waals surface area contributed by atoms with Crippen LogP contribution in [0.5, 0.6) is 0 Å². The molecule has 0 bridgehead atoms. The van der Waals surface area contributed by atoms with Crippen molar-refractivity contribution >= 4 is 39.5 Å². The first-order valence-electron chi connectivity index (χ1n) is 40.3. The van der Waals surface area contributed by atoms with Gasteiger partial charge in [-0.1, -0.05) is 344 Å². The van der Waals surface area contributed by atoms with Crippen molar-refractivity contribution in [1.29, 1.82) is 0 Å². The van der Waals surface area contributed by atoms with E-state index < -0.39 is 97.5 Å². The second-order valence-electron chi connectivity index (χ2n) is 29.5. The number of aliphatic hydroxyl groups excluding tert-OH is 1. The van der Waals surface area contributed by atoms with E-state index in [0.29, 0.717) is 31.6 Å². The molecule has 0 heterocycles. The van der Waals surface area contributed by atoms with Crippen molar-refractivity contribution in [3.05, 3.63) is 0 Å². The molecule has 576 valence electrons. The van der Waals surface area contributed by atoms with Crippen molar-refractivity contribution in [1.82, 2.24) is 0 Å². The first-order valence-corrected chi connectivity index (χ1v) is 43.3. The summed E-state index contributed by atoms with van der Waals surface area (Å²) in [4.78, 5) is 72.9. The molecule has 0 radical (unpaired) electrons. The Kier molecular flexibility index (Phi) is 65.9. The predicted molar refractivity (Wildman–Crippen MR) is 395 cm³/mol. The Morgan fingerprint density at radius 2 is 0.495 bits per heavy atom. The normalized spacial score (nSPS) is 14.6. The fourth-order valence-corrected chi connectivity index (χ4v) is 13.4. The summed E-state index contributed by atoms with van der Waals surface area (Å²) >= 11 is 0. The summed E-state index contributed by atoms with van der Waals surface area (Å²) in [5.41, 5.74) is 0. The zero-order valence-corrected chi connectivity index (χ0v) is 65.5. The largest absolute Gasteiger partial charge is 0.472 e. The van der Waals surface area contributed by atoms with Gasteiger partial charge in [-0.2, -0.15) is 0 Å². The maximum Gasteiger partial charge on any atom is 0.472 e. The van der Waals surface area contributed by atoms with Crippen LogP contribution in [0, 0.1) is 23.7 Å². The number of carbonyl (C=O) groups is 4. The molecule has 0 rings (SSSR count). The minimum Gasteiger partial charge on any atom is -0.462 e. The van der Waals surface area contributed by atoms with Gasteiger partial charge < -0.3 is 33.8 Å². The molecular weight excluding hydrogens is 1270 g/mol. The number of ether oxygens (including phenoxy) is 4. The summed E-state index contributed by atoms with van der Waals surface area (Å²) in [5, 5.41) is 10.6. The molecule has 0 aliphatic rings. The number of phosphoric acid groups is 2. The first-order chi connectivity index (χ1) is 46.7. The number of unbranched alkanes of at least 4 members (excludes halogenated alkanes) is 39. The lowest BCUT2D eigenvalue weighted by atomic mass is 9.99. The standard InChI is InChI=1S/C78H152O17P2/c1-9-70(7)56-48-40-32-24-21-22-26-36-45-53-61-78(83)95-74(65-89-76(81)59-51-43-37-29-31-39-47-55-69(5)6)67-93-97(86,87)91-63-72(79)62-90-96(84,85)92-66-73(64-88-75(80)58-50-42-34-28-27-33-41-49-57-71(8)10-2)94-77(82)60-52-44-35-25-20-18-16-14-12-11-13-15-17-19-23-30-38-46-54-68(3)4/h68-74,79H,9-67H2,1-8H3,(H,84,85)(H,86,87)/t70?,71?,72?,73-,74-/m1/s1. The van der Waals surface area contributed by atoms with Crippen molar-refractivity contribution in [2.75, 3.05) is 39.6 Å². The van der Waals surface area contributed by atoms with Gasteiger partial charge in [-0.25, -0.2) is 9.13 Å². The van der Waals surface area contributed by atoms with E-state index in [0.717, 1.165) is 114 Å². The molecule has 19 heteroatoms. The van der Waals surface area contributed by atoms with E-state index in [4.69, 9.17) is 37.0 Å². The Morgan fingerprint density at radius 1 is 0.289 bits per heavy atom.